The number of carbonyl (C=O) groups excluding carboxylic acids is 2. The smallest absolute Gasteiger partial charge is 0.339 e. The van der Waals surface area contributed by atoms with Gasteiger partial charge in [0.25, 0.3) is 5.91 Å². The first-order valence-electron chi connectivity index (χ1n) is 7.03. The molecular formula is C16H15BrN2O5S. The maximum atomic E-state index is 12.1. The van der Waals surface area contributed by atoms with Gasteiger partial charge in [-0.1, -0.05) is 17.7 Å². The first-order valence-corrected chi connectivity index (χ1v) is 9.37. The molecule has 0 heterocycles. The highest BCUT2D eigenvalue weighted by Gasteiger charge is 2.17. The Morgan fingerprint density at radius 1 is 1.16 bits per heavy atom. The zero-order valence-corrected chi connectivity index (χ0v) is 15.6. The van der Waals surface area contributed by atoms with Crippen LogP contribution >= 0.6 is 15.9 Å². The Balaban J connectivity index is 2.02. The zero-order valence-electron chi connectivity index (χ0n) is 13.2. The Kier molecular flexibility index (Phi) is 5.93. The van der Waals surface area contributed by atoms with Crippen LogP contribution in [0.25, 0.3) is 0 Å². The van der Waals surface area contributed by atoms with Crippen molar-refractivity contribution in [1.29, 1.82) is 0 Å². The second-order valence-corrected chi connectivity index (χ2v) is 7.59. The van der Waals surface area contributed by atoms with Crippen LogP contribution in [-0.2, 0) is 19.6 Å². The Labute approximate surface area is 153 Å². The van der Waals surface area contributed by atoms with Crippen molar-refractivity contribution >= 4 is 43.5 Å². The number of amides is 1. The van der Waals surface area contributed by atoms with Gasteiger partial charge in [0, 0.05) is 10.2 Å². The molecule has 9 heteroatoms. The molecule has 132 valence electrons. The summed E-state index contributed by atoms with van der Waals surface area (Å²) in [5, 5.41) is 7.62. The molecule has 2 rings (SSSR count). The van der Waals surface area contributed by atoms with Gasteiger partial charge in [-0.3, -0.25) is 4.79 Å². The van der Waals surface area contributed by atoms with Gasteiger partial charge in [-0.15, -0.1) is 0 Å². The summed E-state index contributed by atoms with van der Waals surface area (Å²) in [4.78, 5) is 23.7. The Bertz CT molecular complexity index is 911. The summed E-state index contributed by atoms with van der Waals surface area (Å²) >= 11 is 3.13. The molecule has 0 aliphatic heterocycles. The number of nitrogens with two attached hydrogens (primary N) is 1. The van der Waals surface area contributed by atoms with Gasteiger partial charge in [0.2, 0.25) is 10.0 Å². The summed E-state index contributed by atoms with van der Waals surface area (Å²) in [6, 6.07) is 10.8. The third kappa shape index (κ3) is 5.38. The van der Waals surface area contributed by atoms with E-state index in [4.69, 9.17) is 9.88 Å². The predicted octanol–water partition coefficient (Wildman–Crippen LogP) is 2.20. The molecule has 0 fully saturated rings. The first kappa shape index (κ1) is 19.1. The average Bonchev–Trinajstić information content (AvgIpc) is 2.54. The van der Waals surface area contributed by atoms with Crippen LogP contribution in [0.5, 0.6) is 0 Å². The summed E-state index contributed by atoms with van der Waals surface area (Å²) in [6.07, 6.45) is 0. The Morgan fingerprint density at radius 2 is 1.80 bits per heavy atom. The summed E-state index contributed by atoms with van der Waals surface area (Å²) in [5.74, 6) is -1.37. The highest BCUT2D eigenvalue weighted by molar-refractivity contribution is 9.10. The van der Waals surface area contributed by atoms with E-state index >= 15 is 0 Å². The number of carbonyl (C=O) groups is 2. The molecule has 0 saturated carbocycles. The van der Waals surface area contributed by atoms with Crippen LogP contribution in [0.15, 0.2) is 51.8 Å². The topological polar surface area (TPSA) is 116 Å². The van der Waals surface area contributed by atoms with Crippen LogP contribution in [0.3, 0.4) is 0 Å². The van der Waals surface area contributed by atoms with Crippen molar-refractivity contribution in [2.75, 3.05) is 11.9 Å². The number of primary sulfonamides is 1. The molecule has 7 nitrogen and oxygen atoms in total. The van der Waals surface area contributed by atoms with Crippen LogP contribution in [-0.4, -0.2) is 26.9 Å². The Hall–Kier alpha value is -2.23. The van der Waals surface area contributed by atoms with Crippen LogP contribution in [0, 0.1) is 6.92 Å². The molecule has 1 amide bonds. The van der Waals surface area contributed by atoms with Gasteiger partial charge in [-0.25, -0.2) is 18.4 Å². The van der Waals surface area contributed by atoms with Crippen molar-refractivity contribution in [2.45, 2.75) is 11.8 Å². The largest absolute Gasteiger partial charge is 0.452 e. The Morgan fingerprint density at radius 3 is 2.40 bits per heavy atom. The third-order valence-electron chi connectivity index (χ3n) is 3.16. The molecule has 0 aliphatic rings. The molecule has 0 spiro atoms. The van der Waals surface area contributed by atoms with Crippen molar-refractivity contribution in [3.63, 3.8) is 0 Å². The molecule has 0 aromatic heterocycles. The van der Waals surface area contributed by atoms with Crippen molar-refractivity contribution < 1.29 is 22.7 Å². The highest BCUT2D eigenvalue weighted by Crippen LogP contribution is 2.21. The van der Waals surface area contributed by atoms with E-state index in [1.807, 2.05) is 19.1 Å². The third-order valence-corrected chi connectivity index (χ3v) is 4.76. The number of nitrogens with one attached hydrogen (secondary N) is 1. The van der Waals surface area contributed by atoms with E-state index in [2.05, 4.69) is 21.2 Å². The van der Waals surface area contributed by atoms with Crippen molar-refractivity contribution in [1.82, 2.24) is 0 Å². The van der Waals surface area contributed by atoms with Gasteiger partial charge < -0.3 is 10.1 Å². The maximum Gasteiger partial charge on any atom is 0.339 e. The van der Waals surface area contributed by atoms with Crippen LogP contribution in [0.2, 0.25) is 0 Å². The fourth-order valence-electron chi connectivity index (χ4n) is 1.88. The number of sulfonamides is 1. The van der Waals surface area contributed by atoms with Crippen molar-refractivity contribution in [3.8, 4) is 0 Å². The van der Waals surface area contributed by atoms with Gasteiger partial charge in [0.1, 0.15) is 0 Å². The highest BCUT2D eigenvalue weighted by atomic mass is 79.9. The molecule has 3 N–H and O–H groups in total. The minimum absolute atomic E-state index is 0.0466. The minimum atomic E-state index is -3.96. The lowest BCUT2D eigenvalue weighted by molar-refractivity contribution is -0.119. The predicted molar refractivity (Wildman–Crippen MR) is 95.6 cm³/mol. The minimum Gasteiger partial charge on any atom is -0.452 e. The van der Waals surface area contributed by atoms with Crippen LogP contribution < -0.4 is 10.5 Å². The van der Waals surface area contributed by atoms with E-state index in [1.165, 1.54) is 12.1 Å². The van der Waals surface area contributed by atoms with Gasteiger partial charge in [-0.05, 0) is 53.2 Å². The van der Waals surface area contributed by atoms with Crippen LogP contribution in [0.1, 0.15) is 15.9 Å². The van der Waals surface area contributed by atoms with Gasteiger partial charge in [0.05, 0.1) is 10.5 Å². The molecule has 0 atom stereocenters. The van der Waals surface area contributed by atoms with Crippen LogP contribution in [0.4, 0.5) is 5.69 Å². The molecule has 0 saturated heterocycles. The monoisotopic (exact) mass is 426 g/mol. The normalized spacial score (nSPS) is 11.0. The fourth-order valence-corrected chi connectivity index (χ4v) is 2.83. The quantitative estimate of drug-likeness (QED) is 0.710. The van der Waals surface area contributed by atoms with E-state index in [0.717, 1.165) is 11.6 Å². The average molecular weight is 427 g/mol. The summed E-state index contributed by atoms with van der Waals surface area (Å²) < 4.78 is 28.0. The second kappa shape index (κ2) is 7.77. The van der Waals surface area contributed by atoms with E-state index in [9.17, 15) is 18.0 Å². The number of aryl methyl sites for hydroxylation is 1. The van der Waals surface area contributed by atoms with Crippen molar-refractivity contribution in [3.05, 3.63) is 58.1 Å². The SMILES string of the molecule is Cc1ccc(NC(=O)COC(=O)c2cc(S(N)(=O)=O)ccc2Br)cc1. The number of esters is 1. The molecule has 2 aromatic carbocycles. The molecule has 25 heavy (non-hydrogen) atoms. The lowest BCUT2D eigenvalue weighted by Crippen LogP contribution is -2.21. The lowest BCUT2D eigenvalue weighted by Gasteiger charge is -2.09. The molecule has 0 aliphatic carbocycles. The number of ether oxygens (including phenoxy) is 1. The number of hydrogen-bond donors (Lipinski definition) is 2. The molecular weight excluding hydrogens is 412 g/mol. The summed E-state index contributed by atoms with van der Waals surface area (Å²) in [5.41, 5.74) is 1.57. The fraction of sp³-hybridized carbons (Fsp3) is 0.125. The summed E-state index contributed by atoms with van der Waals surface area (Å²) in [7, 11) is -3.96. The van der Waals surface area contributed by atoms with Crippen molar-refractivity contribution in [2.24, 2.45) is 5.14 Å². The standard InChI is InChI=1S/C16H15BrN2O5S/c1-10-2-4-11(5-3-10)19-15(20)9-24-16(21)13-8-12(25(18,22)23)6-7-14(13)17/h2-8H,9H2,1H3,(H,19,20)(H2,18,22,23). The number of hydrogen-bond acceptors (Lipinski definition) is 5. The van der Waals surface area contributed by atoms with E-state index in [-0.39, 0.29) is 10.5 Å². The second-order valence-electron chi connectivity index (χ2n) is 5.18. The molecule has 0 unspecified atom stereocenters. The van der Waals surface area contributed by atoms with E-state index in [0.29, 0.717) is 10.2 Å². The maximum absolute atomic E-state index is 12.1. The van der Waals surface area contributed by atoms with E-state index in [1.54, 1.807) is 12.1 Å². The molecule has 2 aromatic rings. The number of rotatable bonds is 5. The number of anilines is 1. The first-order chi connectivity index (χ1) is 11.7. The number of benzene rings is 2. The molecule has 0 radical (unpaired) electrons. The zero-order chi connectivity index (χ0) is 18.6. The summed E-state index contributed by atoms with van der Waals surface area (Å²) in [6.45, 7) is 1.40. The van der Waals surface area contributed by atoms with Gasteiger partial charge in [0.15, 0.2) is 6.61 Å². The van der Waals surface area contributed by atoms with Gasteiger partial charge >= 0.3 is 5.97 Å². The van der Waals surface area contributed by atoms with E-state index < -0.39 is 28.5 Å². The van der Waals surface area contributed by atoms with Gasteiger partial charge in [-0.2, -0.15) is 0 Å². The number of halogens is 1. The lowest BCUT2D eigenvalue weighted by atomic mass is 10.2. The molecule has 0 bridgehead atoms.